The number of carboxylic acids is 1. The summed E-state index contributed by atoms with van der Waals surface area (Å²) in [4.78, 5) is 19.8. The van der Waals surface area contributed by atoms with Gasteiger partial charge in [-0.1, -0.05) is 0 Å². The summed E-state index contributed by atoms with van der Waals surface area (Å²) in [5, 5.41) is 8.01. The molecule has 0 spiro atoms. The summed E-state index contributed by atoms with van der Waals surface area (Å²) in [6.45, 7) is 1.38. The topological polar surface area (TPSA) is 82.9 Å². The van der Waals surface area contributed by atoms with Gasteiger partial charge in [-0.15, -0.1) is 0 Å². The van der Waals surface area contributed by atoms with Gasteiger partial charge in [0.15, 0.2) is 0 Å². The van der Waals surface area contributed by atoms with Gasteiger partial charge < -0.3 is 15.4 Å². The number of ketones is 1. The van der Waals surface area contributed by atoms with Crippen molar-refractivity contribution in [3.8, 4) is 0 Å². The Morgan fingerprint density at radius 1 is 1.30 bits per heavy atom. The standard InChI is InChI=1S/C5H8O3.O.Zn/c1-4(6)2-3-5(7)8;;/h2-3H2,1H3,(H,7,8);;/q;-2;+2. The molecule has 0 rings (SSSR count). The van der Waals surface area contributed by atoms with Gasteiger partial charge in [-0.05, 0) is 6.92 Å². The average Bonchev–Trinajstić information content (AvgIpc) is 1.61. The molecule has 10 heavy (non-hydrogen) atoms. The van der Waals surface area contributed by atoms with Crippen LogP contribution < -0.4 is 0 Å². The fraction of sp³-hybridized carbons (Fsp3) is 0.600. The fourth-order valence-electron chi connectivity index (χ4n) is 0.283. The van der Waals surface area contributed by atoms with Gasteiger partial charge in [0.25, 0.3) is 0 Å². The molecule has 0 bridgehead atoms. The summed E-state index contributed by atoms with van der Waals surface area (Å²) in [5.74, 6) is -0.993. The molecular weight excluding hydrogens is 189 g/mol. The third kappa shape index (κ3) is 15.6. The maximum atomic E-state index is 10.1. The van der Waals surface area contributed by atoms with Crippen molar-refractivity contribution >= 4 is 11.8 Å². The molecule has 0 aromatic carbocycles. The molecule has 0 aromatic rings. The Hall–Kier alpha value is -0.277. The van der Waals surface area contributed by atoms with Crippen LogP contribution in [0.4, 0.5) is 0 Å². The van der Waals surface area contributed by atoms with E-state index in [1.165, 1.54) is 6.92 Å². The van der Waals surface area contributed by atoms with E-state index in [1.54, 1.807) is 0 Å². The number of hydrogen-bond donors (Lipinski definition) is 1. The average molecular weight is 198 g/mol. The van der Waals surface area contributed by atoms with Crippen molar-refractivity contribution in [2.45, 2.75) is 19.8 Å². The second-order valence-corrected chi connectivity index (χ2v) is 1.60. The van der Waals surface area contributed by atoms with Crippen molar-refractivity contribution in [3.63, 3.8) is 0 Å². The minimum absolute atomic E-state index is 0. The summed E-state index contributed by atoms with van der Waals surface area (Å²) in [7, 11) is 0. The molecule has 4 nitrogen and oxygen atoms in total. The largest absolute Gasteiger partial charge is 2.00 e. The van der Waals surface area contributed by atoms with Gasteiger partial charge in [0.2, 0.25) is 0 Å². The molecule has 0 amide bonds. The van der Waals surface area contributed by atoms with Crippen LogP contribution in [0.1, 0.15) is 19.8 Å². The Labute approximate surface area is 71.7 Å². The molecule has 0 aliphatic carbocycles. The minimum atomic E-state index is -0.916. The van der Waals surface area contributed by atoms with Crippen LogP contribution in [0.25, 0.3) is 0 Å². The molecule has 54 valence electrons. The Balaban J connectivity index is -0.000000245. The first-order chi connectivity index (χ1) is 3.63. The van der Waals surface area contributed by atoms with E-state index in [-0.39, 0.29) is 43.6 Å². The molecule has 5 heteroatoms. The SMILES string of the molecule is CC(=O)CCC(=O)O.[O-2].[Zn+2]. The molecule has 0 fully saturated rings. The molecule has 0 heterocycles. The van der Waals surface area contributed by atoms with Crippen molar-refractivity contribution in [1.29, 1.82) is 0 Å². The quantitative estimate of drug-likeness (QED) is 0.662. The molecular formula is C5H8O4Zn. The van der Waals surface area contributed by atoms with Crippen LogP contribution >= 0.6 is 0 Å². The van der Waals surface area contributed by atoms with Gasteiger partial charge >= 0.3 is 25.4 Å². The first-order valence-corrected chi connectivity index (χ1v) is 2.34. The summed E-state index contributed by atoms with van der Waals surface area (Å²) >= 11 is 0. The molecule has 0 saturated heterocycles. The maximum Gasteiger partial charge on any atom is 2.00 e. The third-order valence-electron chi connectivity index (χ3n) is 0.691. The van der Waals surface area contributed by atoms with Crippen LogP contribution in [-0.2, 0) is 34.5 Å². The number of rotatable bonds is 3. The smallest absolute Gasteiger partial charge is 2.00 e. The first kappa shape index (κ1) is 16.4. The maximum absolute atomic E-state index is 10.1. The van der Waals surface area contributed by atoms with Gasteiger partial charge in [0.1, 0.15) is 5.78 Å². The molecule has 0 atom stereocenters. The second kappa shape index (κ2) is 8.72. The predicted molar refractivity (Wildman–Crippen MR) is 28.2 cm³/mol. The number of hydrogen-bond acceptors (Lipinski definition) is 2. The van der Waals surface area contributed by atoms with E-state index in [0.717, 1.165) is 0 Å². The van der Waals surface area contributed by atoms with E-state index in [2.05, 4.69) is 0 Å². The second-order valence-electron chi connectivity index (χ2n) is 1.60. The van der Waals surface area contributed by atoms with Gasteiger partial charge in [0.05, 0.1) is 6.42 Å². The number of carboxylic acid groups (broad SMARTS) is 1. The summed E-state index contributed by atoms with van der Waals surface area (Å²) in [6, 6.07) is 0. The van der Waals surface area contributed by atoms with Crippen LogP contribution in [0.5, 0.6) is 0 Å². The molecule has 1 N–H and O–H groups in total. The monoisotopic (exact) mass is 196 g/mol. The normalized spacial score (nSPS) is 6.90. The van der Waals surface area contributed by atoms with Crippen LogP contribution in [-0.4, -0.2) is 16.9 Å². The summed E-state index contributed by atoms with van der Waals surface area (Å²) in [5.41, 5.74) is 0. The minimum Gasteiger partial charge on any atom is -2.00 e. The predicted octanol–water partition coefficient (Wildman–Crippen LogP) is 0.319. The van der Waals surface area contributed by atoms with Gasteiger partial charge in [-0.3, -0.25) is 4.79 Å². The molecule has 0 aromatic heterocycles. The van der Waals surface area contributed by atoms with E-state index < -0.39 is 5.97 Å². The van der Waals surface area contributed by atoms with E-state index in [4.69, 9.17) is 5.11 Å². The number of carbonyl (C=O) groups is 2. The zero-order valence-corrected chi connectivity index (χ0v) is 8.76. The molecule has 0 saturated carbocycles. The van der Waals surface area contributed by atoms with E-state index in [0.29, 0.717) is 0 Å². The van der Waals surface area contributed by atoms with Crippen LogP contribution in [0, 0.1) is 0 Å². The van der Waals surface area contributed by atoms with Crippen molar-refractivity contribution < 1.29 is 39.6 Å². The summed E-state index contributed by atoms with van der Waals surface area (Å²) < 4.78 is 0. The number of Topliss-reactive ketones (excluding diaryl/α,β-unsaturated/α-hetero) is 1. The van der Waals surface area contributed by atoms with Crippen LogP contribution in [0.15, 0.2) is 0 Å². The Bertz CT molecular complexity index is 98.2. The number of aliphatic carboxylic acids is 1. The van der Waals surface area contributed by atoms with Crippen LogP contribution in [0.3, 0.4) is 0 Å². The summed E-state index contributed by atoms with van der Waals surface area (Å²) in [6.07, 6.45) is 0.102. The third-order valence-corrected chi connectivity index (χ3v) is 0.691. The van der Waals surface area contributed by atoms with Crippen molar-refractivity contribution in [1.82, 2.24) is 0 Å². The molecule has 0 aliphatic rings. The van der Waals surface area contributed by atoms with Gasteiger partial charge in [0, 0.05) is 6.42 Å². The van der Waals surface area contributed by atoms with E-state index >= 15 is 0 Å². The zero-order chi connectivity index (χ0) is 6.57. The molecule has 0 aliphatic heterocycles. The fourth-order valence-corrected chi connectivity index (χ4v) is 0.283. The Morgan fingerprint density at radius 3 is 1.80 bits per heavy atom. The van der Waals surface area contributed by atoms with Gasteiger partial charge in [-0.25, -0.2) is 0 Å². The van der Waals surface area contributed by atoms with Crippen molar-refractivity contribution in [3.05, 3.63) is 0 Å². The zero-order valence-electron chi connectivity index (χ0n) is 5.79. The first-order valence-electron chi connectivity index (χ1n) is 2.34. The molecule has 0 radical (unpaired) electrons. The van der Waals surface area contributed by atoms with Crippen molar-refractivity contribution in [2.75, 3.05) is 0 Å². The van der Waals surface area contributed by atoms with Gasteiger partial charge in [-0.2, -0.15) is 0 Å². The van der Waals surface area contributed by atoms with Crippen molar-refractivity contribution in [2.24, 2.45) is 0 Å². The Kier molecular flexibility index (Phi) is 14.3. The van der Waals surface area contributed by atoms with Crippen LogP contribution in [0.2, 0.25) is 0 Å². The van der Waals surface area contributed by atoms with E-state index in [1.807, 2.05) is 0 Å². The number of carbonyl (C=O) groups excluding carboxylic acids is 1. The van der Waals surface area contributed by atoms with E-state index in [9.17, 15) is 9.59 Å². The molecule has 0 unspecified atom stereocenters. The Morgan fingerprint density at radius 2 is 1.70 bits per heavy atom.